The molecule has 0 radical (unpaired) electrons. The standard InChI is InChI=1S/C15H15BrFN/c1-2-14(11-6-4-3-5-7-11)18-15-9-8-12(16)10-13(15)17/h3-10,14,18H,2H2,1H3. The summed E-state index contributed by atoms with van der Waals surface area (Å²) < 4.78 is 14.5. The average Bonchev–Trinajstić information content (AvgIpc) is 2.39. The molecule has 0 heterocycles. The van der Waals surface area contributed by atoms with Gasteiger partial charge in [-0.15, -0.1) is 0 Å². The smallest absolute Gasteiger partial charge is 0.147 e. The lowest BCUT2D eigenvalue weighted by Gasteiger charge is -2.19. The van der Waals surface area contributed by atoms with E-state index in [1.165, 1.54) is 11.6 Å². The Labute approximate surface area is 115 Å². The van der Waals surface area contributed by atoms with Crippen LogP contribution in [0.4, 0.5) is 10.1 Å². The first-order valence-corrected chi connectivity index (χ1v) is 6.76. The van der Waals surface area contributed by atoms with Gasteiger partial charge in [-0.1, -0.05) is 53.2 Å². The lowest BCUT2D eigenvalue weighted by atomic mass is 10.0. The molecule has 2 aromatic carbocycles. The first-order valence-electron chi connectivity index (χ1n) is 5.97. The Hall–Kier alpha value is -1.35. The van der Waals surface area contributed by atoms with Crippen LogP contribution < -0.4 is 5.32 Å². The van der Waals surface area contributed by atoms with E-state index in [-0.39, 0.29) is 11.9 Å². The first-order chi connectivity index (χ1) is 8.70. The fourth-order valence-electron chi connectivity index (χ4n) is 1.90. The van der Waals surface area contributed by atoms with Crippen molar-refractivity contribution in [3.63, 3.8) is 0 Å². The second kappa shape index (κ2) is 6.01. The monoisotopic (exact) mass is 307 g/mol. The van der Waals surface area contributed by atoms with Crippen molar-refractivity contribution in [1.82, 2.24) is 0 Å². The molecule has 2 rings (SSSR count). The molecule has 2 aromatic rings. The number of halogens is 2. The van der Waals surface area contributed by atoms with Gasteiger partial charge >= 0.3 is 0 Å². The van der Waals surface area contributed by atoms with Gasteiger partial charge in [0.25, 0.3) is 0 Å². The summed E-state index contributed by atoms with van der Waals surface area (Å²) in [4.78, 5) is 0. The minimum Gasteiger partial charge on any atom is -0.376 e. The number of hydrogen-bond acceptors (Lipinski definition) is 1. The van der Waals surface area contributed by atoms with Crippen LogP contribution in [0.3, 0.4) is 0 Å². The van der Waals surface area contributed by atoms with Crippen LogP contribution in [0.5, 0.6) is 0 Å². The van der Waals surface area contributed by atoms with Crippen LogP contribution in [-0.4, -0.2) is 0 Å². The third-order valence-electron chi connectivity index (χ3n) is 2.87. The molecule has 0 aromatic heterocycles. The normalized spacial score (nSPS) is 12.2. The van der Waals surface area contributed by atoms with Crippen LogP contribution >= 0.6 is 15.9 Å². The second-order valence-corrected chi connectivity index (χ2v) is 5.06. The molecule has 94 valence electrons. The van der Waals surface area contributed by atoms with Crippen molar-refractivity contribution in [3.8, 4) is 0 Å². The number of hydrogen-bond donors (Lipinski definition) is 1. The molecule has 0 saturated heterocycles. The Balaban J connectivity index is 2.21. The molecule has 0 saturated carbocycles. The van der Waals surface area contributed by atoms with E-state index in [2.05, 4.69) is 40.3 Å². The Kier molecular flexibility index (Phi) is 4.37. The zero-order chi connectivity index (χ0) is 13.0. The van der Waals surface area contributed by atoms with Crippen LogP contribution in [0.2, 0.25) is 0 Å². The SMILES string of the molecule is CCC(Nc1ccc(Br)cc1F)c1ccccc1. The van der Waals surface area contributed by atoms with Crippen LogP contribution in [0, 0.1) is 5.82 Å². The summed E-state index contributed by atoms with van der Waals surface area (Å²) in [7, 11) is 0. The van der Waals surface area contributed by atoms with Crippen molar-refractivity contribution in [2.45, 2.75) is 19.4 Å². The fourth-order valence-corrected chi connectivity index (χ4v) is 2.23. The van der Waals surface area contributed by atoms with Crippen molar-refractivity contribution in [3.05, 3.63) is 64.4 Å². The maximum Gasteiger partial charge on any atom is 0.147 e. The Morgan fingerprint density at radius 3 is 2.50 bits per heavy atom. The third kappa shape index (κ3) is 3.10. The van der Waals surface area contributed by atoms with Crippen molar-refractivity contribution in [1.29, 1.82) is 0 Å². The zero-order valence-electron chi connectivity index (χ0n) is 10.2. The van der Waals surface area contributed by atoms with E-state index >= 15 is 0 Å². The average molecular weight is 308 g/mol. The van der Waals surface area contributed by atoms with Crippen molar-refractivity contribution in [2.24, 2.45) is 0 Å². The minimum absolute atomic E-state index is 0.127. The maximum absolute atomic E-state index is 13.8. The summed E-state index contributed by atoms with van der Waals surface area (Å²) in [6.07, 6.45) is 0.902. The molecule has 1 N–H and O–H groups in total. The lowest BCUT2D eigenvalue weighted by Crippen LogP contribution is -2.10. The molecular formula is C15H15BrFN. The van der Waals surface area contributed by atoms with Crippen LogP contribution in [0.25, 0.3) is 0 Å². The van der Waals surface area contributed by atoms with E-state index in [4.69, 9.17) is 0 Å². The summed E-state index contributed by atoms with van der Waals surface area (Å²) in [6, 6.07) is 15.3. The minimum atomic E-state index is -0.237. The molecule has 0 aliphatic carbocycles. The fraction of sp³-hybridized carbons (Fsp3) is 0.200. The van der Waals surface area contributed by atoms with E-state index in [0.29, 0.717) is 5.69 Å². The summed E-state index contributed by atoms with van der Waals surface area (Å²) in [6.45, 7) is 2.08. The van der Waals surface area contributed by atoms with E-state index in [0.717, 1.165) is 10.9 Å². The van der Waals surface area contributed by atoms with Crippen LogP contribution in [0.1, 0.15) is 24.9 Å². The quantitative estimate of drug-likeness (QED) is 0.823. The molecule has 0 bridgehead atoms. The summed E-state index contributed by atoms with van der Waals surface area (Å²) in [5, 5.41) is 3.24. The molecule has 1 unspecified atom stereocenters. The third-order valence-corrected chi connectivity index (χ3v) is 3.36. The van der Waals surface area contributed by atoms with Gasteiger partial charge < -0.3 is 5.32 Å². The highest BCUT2D eigenvalue weighted by molar-refractivity contribution is 9.10. The Bertz CT molecular complexity index is 513. The van der Waals surface area contributed by atoms with Gasteiger partial charge in [-0.2, -0.15) is 0 Å². The lowest BCUT2D eigenvalue weighted by molar-refractivity contribution is 0.623. The summed E-state index contributed by atoms with van der Waals surface area (Å²) in [5.41, 5.74) is 1.70. The summed E-state index contributed by atoms with van der Waals surface area (Å²) in [5.74, 6) is -0.237. The molecule has 0 spiro atoms. The van der Waals surface area contributed by atoms with Crippen molar-refractivity contribution >= 4 is 21.6 Å². The van der Waals surface area contributed by atoms with Gasteiger partial charge in [0.1, 0.15) is 5.82 Å². The highest BCUT2D eigenvalue weighted by Crippen LogP contribution is 2.26. The molecule has 0 aliphatic rings. The highest BCUT2D eigenvalue weighted by Gasteiger charge is 2.11. The number of nitrogens with one attached hydrogen (secondary N) is 1. The van der Waals surface area contributed by atoms with Gasteiger partial charge in [-0.3, -0.25) is 0 Å². The second-order valence-electron chi connectivity index (χ2n) is 4.14. The molecule has 0 aliphatic heterocycles. The van der Waals surface area contributed by atoms with Crippen molar-refractivity contribution < 1.29 is 4.39 Å². The van der Waals surface area contributed by atoms with Crippen LogP contribution in [-0.2, 0) is 0 Å². The highest BCUT2D eigenvalue weighted by atomic mass is 79.9. The maximum atomic E-state index is 13.8. The predicted octanol–water partition coefficient (Wildman–Crippen LogP) is 5.15. The number of rotatable bonds is 4. The Morgan fingerprint density at radius 2 is 1.89 bits per heavy atom. The van der Waals surface area contributed by atoms with Crippen molar-refractivity contribution in [2.75, 3.05) is 5.32 Å². The molecule has 1 atom stereocenters. The zero-order valence-corrected chi connectivity index (χ0v) is 11.7. The molecular weight excluding hydrogens is 293 g/mol. The van der Waals surface area contributed by atoms with Gasteiger partial charge in [-0.25, -0.2) is 4.39 Å². The molecule has 0 fully saturated rings. The van der Waals surface area contributed by atoms with Gasteiger partial charge in [-0.05, 0) is 30.2 Å². The summed E-state index contributed by atoms with van der Waals surface area (Å²) >= 11 is 3.26. The van der Waals surface area contributed by atoms with Gasteiger partial charge in [0.05, 0.1) is 11.7 Å². The molecule has 0 amide bonds. The van der Waals surface area contributed by atoms with E-state index < -0.39 is 0 Å². The van der Waals surface area contributed by atoms with E-state index in [1.54, 1.807) is 6.07 Å². The Morgan fingerprint density at radius 1 is 1.17 bits per heavy atom. The van der Waals surface area contributed by atoms with Crippen LogP contribution in [0.15, 0.2) is 53.0 Å². The van der Waals surface area contributed by atoms with Gasteiger partial charge in [0, 0.05) is 4.47 Å². The molecule has 18 heavy (non-hydrogen) atoms. The molecule has 3 heteroatoms. The first kappa shape index (κ1) is 13.1. The van der Waals surface area contributed by atoms with E-state index in [9.17, 15) is 4.39 Å². The molecule has 1 nitrogen and oxygen atoms in total. The predicted molar refractivity (Wildman–Crippen MR) is 77.2 cm³/mol. The topological polar surface area (TPSA) is 12.0 Å². The van der Waals surface area contributed by atoms with Gasteiger partial charge in [0.2, 0.25) is 0 Å². The number of benzene rings is 2. The van der Waals surface area contributed by atoms with Gasteiger partial charge in [0.15, 0.2) is 0 Å². The number of anilines is 1. The van der Waals surface area contributed by atoms with E-state index in [1.807, 2.05) is 24.3 Å². The largest absolute Gasteiger partial charge is 0.376 e.